The Morgan fingerprint density at radius 1 is 0.326 bits per heavy atom. The summed E-state index contributed by atoms with van der Waals surface area (Å²) in [5.41, 5.74) is 0. The summed E-state index contributed by atoms with van der Waals surface area (Å²) < 4.78 is 5.48. The maximum Gasteiger partial charge on any atom is 0.305 e. The Balaban J connectivity index is 3.37. The van der Waals surface area contributed by atoms with Crippen molar-refractivity contribution < 1.29 is 24.5 Å². The zero-order valence-corrected chi connectivity index (χ0v) is 58.3. The topological polar surface area (TPSA) is 95.9 Å². The third kappa shape index (κ3) is 71.2. The molecule has 0 spiro atoms. The van der Waals surface area contributed by atoms with Gasteiger partial charge in [0.2, 0.25) is 5.91 Å². The van der Waals surface area contributed by atoms with E-state index in [0.717, 1.165) is 44.9 Å². The Bertz CT molecular complexity index is 1390. The molecule has 0 radical (unpaired) electrons. The summed E-state index contributed by atoms with van der Waals surface area (Å²) in [5, 5.41) is 23.3. The molecule has 508 valence electrons. The smallest absolute Gasteiger partial charge is 0.305 e. The van der Waals surface area contributed by atoms with E-state index < -0.39 is 12.1 Å². The summed E-state index contributed by atoms with van der Waals surface area (Å²) in [6, 6.07) is -0.626. The normalized spacial score (nSPS) is 12.7. The Morgan fingerprint density at radius 3 is 0.884 bits per heavy atom. The third-order valence-corrected chi connectivity index (χ3v) is 18.4. The highest BCUT2D eigenvalue weighted by Crippen LogP contribution is 2.19. The van der Waals surface area contributed by atoms with Crippen molar-refractivity contribution in [1.82, 2.24) is 5.32 Å². The van der Waals surface area contributed by atoms with E-state index in [1.807, 2.05) is 6.08 Å². The largest absolute Gasteiger partial charge is 0.466 e. The number of hydrogen-bond acceptors (Lipinski definition) is 5. The minimum absolute atomic E-state index is 0.0204. The lowest BCUT2D eigenvalue weighted by molar-refractivity contribution is -0.143. The van der Waals surface area contributed by atoms with Crippen molar-refractivity contribution in [3.8, 4) is 0 Å². The van der Waals surface area contributed by atoms with E-state index in [-0.39, 0.29) is 18.5 Å². The monoisotopic (exact) mass is 1210 g/mol. The Kier molecular flexibility index (Phi) is 73.9. The molecule has 0 aromatic rings. The van der Waals surface area contributed by atoms with Crippen LogP contribution in [0.2, 0.25) is 0 Å². The van der Waals surface area contributed by atoms with Crippen LogP contribution in [0.1, 0.15) is 438 Å². The molecule has 6 heteroatoms. The van der Waals surface area contributed by atoms with E-state index in [9.17, 15) is 19.8 Å². The molecule has 0 saturated carbocycles. The van der Waals surface area contributed by atoms with E-state index >= 15 is 0 Å². The predicted molar refractivity (Wildman–Crippen MR) is 379 cm³/mol. The number of ether oxygens (including phenoxy) is 1. The van der Waals surface area contributed by atoms with Gasteiger partial charge in [0, 0.05) is 12.8 Å². The predicted octanol–water partition coefficient (Wildman–Crippen LogP) is 25.8. The van der Waals surface area contributed by atoms with Crippen molar-refractivity contribution in [3.05, 3.63) is 36.5 Å². The van der Waals surface area contributed by atoms with Crippen LogP contribution in [-0.4, -0.2) is 47.4 Å². The van der Waals surface area contributed by atoms with Gasteiger partial charge < -0.3 is 20.3 Å². The van der Waals surface area contributed by atoms with Crippen molar-refractivity contribution in [2.45, 2.75) is 450 Å². The summed E-state index contributed by atoms with van der Waals surface area (Å²) in [5.74, 6) is -0.0406. The molecule has 0 aliphatic heterocycles. The molecule has 0 aromatic heterocycles. The number of nitrogens with one attached hydrogen (secondary N) is 1. The number of unbranched alkanes of at least 4 members (excludes halogenated alkanes) is 59. The fourth-order valence-electron chi connectivity index (χ4n) is 12.4. The van der Waals surface area contributed by atoms with Crippen LogP contribution in [0.4, 0.5) is 0 Å². The van der Waals surface area contributed by atoms with E-state index in [1.54, 1.807) is 6.08 Å². The number of hydrogen-bond donors (Lipinski definition) is 3. The van der Waals surface area contributed by atoms with Gasteiger partial charge in [0.15, 0.2) is 0 Å². The zero-order chi connectivity index (χ0) is 62.0. The van der Waals surface area contributed by atoms with Crippen molar-refractivity contribution in [2.24, 2.45) is 0 Å². The number of aliphatic hydroxyl groups excluding tert-OH is 2. The number of aliphatic hydroxyl groups is 2. The van der Waals surface area contributed by atoms with Gasteiger partial charge in [0.05, 0.1) is 25.4 Å². The molecular formula is C80H153NO5. The lowest BCUT2D eigenvalue weighted by atomic mass is 10.0. The molecule has 0 bridgehead atoms. The van der Waals surface area contributed by atoms with Gasteiger partial charge in [-0.05, 0) is 64.2 Å². The maximum atomic E-state index is 12.5. The summed E-state index contributed by atoms with van der Waals surface area (Å²) in [7, 11) is 0. The van der Waals surface area contributed by atoms with Crippen LogP contribution in [0.5, 0.6) is 0 Å². The van der Waals surface area contributed by atoms with Crippen molar-refractivity contribution in [1.29, 1.82) is 0 Å². The van der Waals surface area contributed by atoms with Gasteiger partial charge in [-0.25, -0.2) is 0 Å². The van der Waals surface area contributed by atoms with Gasteiger partial charge in [-0.1, -0.05) is 397 Å². The lowest BCUT2D eigenvalue weighted by Gasteiger charge is -2.20. The molecule has 0 aliphatic carbocycles. The van der Waals surface area contributed by atoms with E-state index in [4.69, 9.17) is 4.74 Å². The molecule has 0 saturated heterocycles. The Hall–Kier alpha value is -1.92. The van der Waals surface area contributed by atoms with Crippen molar-refractivity contribution in [2.75, 3.05) is 13.2 Å². The number of carbonyl (C=O) groups is 2. The maximum absolute atomic E-state index is 12.5. The van der Waals surface area contributed by atoms with Gasteiger partial charge in [-0.3, -0.25) is 9.59 Å². The number of allylic oxidation sites excluding steroid dienone is 5. The Labute approximate surface area is 538 Å². The number of amides is 1. The molecule has 1 amide bonds. The second-order valence-corrected chi connectivity index (χ2v) is 27.0. The van der Waals surface area contributed by atoms with Crippen LogP contribution in [0.15, 0.2) is 36.5 Å². The zero-order valence-electron chi connectivity index (χ0n) is 58.3. The molecule has 86 heavy (non-hydrogen) atoms. The van der Waals surface area contributed by atoms with Gasteiger partial charge >= 0.3 is 5.97 Å². The average Bonchev–Trinajstić information content (AvgIpc) is 3.60. The molecule has 2 unspecified atom stereocenters. The third-order valence-electron chi connectivity index (χ3n) is 18.4. The molecule has 0 fully saturated rings. The van der Waals surface area contributed by atoms with E-state index in [1.165, 1.54) is 366 Å². The lowest BCUT2D eigenvalue weighted by Crippen LogP contribution is -2.45. The fraction of sp³-hybridized carbons (Fsp3) is 0.900. The highest BCUT2D eigenvalue weighted by molar-refractivity contribution is 5.76. The average molecular weight is 1210 g/mol. The SMILES string of the molecule is CCCCCCCCCCCCCCCCCCC/C=C/C(O)C(CO)NC(=O)CCCCCCCCCCCCCCCCCCC/C=C\C/C=C\CCCCCCCCCCCCCCCCCOC(=O)CCCCCCCCCCCCC. The molecule has 0 aromatic carbocycles. The van der Waals surface area contributed by atoms with Crippen molar-refractivity contribution in [3.63, 3.8) is 0 Å². The summed E-state index contributed by atoms with van der Waals surface area (Å²) in [4.78, 5) is 24.5. The quantitative estimate of drug-likeness (QED) is 0.0320. The van der Waals surface area contributed by atoms with Crippen molar-refractivity contribution >= 4 is 11.9 Å². The summed E-state index contributed by atoms with van der Waals surface area (Å²) >= 11 is 0. The van der Waals surface area contributed by atoms with Gasteiger partial charge in [0.1, 0.15) is 0 Å². The fourth-order valence-corrected chi connectivity index (χ4v) is 12.4. The van der Waals surface area contributed by atoms with Gasteiger partial charge in [-0.15, -0.1) is 0 Å². The standard InChI is InChI=1S/C80H153NO5/c1-3-5-7-9-11-13-15-16-17-18-40-43-46-49-53-56-60-64-68-72-78(83)77(76-82)81-79(84)73-69-65-61-57-54-50-47-44-41-38-36-34-32-30-28-26-24-22-20-19-21-23-25-27-29-31-33-35-37-39-42-45-48-51-55-59-63-67-71-75-86-80(85)74-70-66-62-58-52-14-12-10-8-6-4-2/h19-20,23,25,68,72,77-78,82-83H,3-18,21-22,24,26-67,69-71,73-76H2,1-2H3,(H,81,84)/b20-19-,25-23-,72-68+. The van der Waals surface area contributed by atoms with Crippen LogP contribution in [0.3, 0.4) is 0 Å². The second kappa shape index (κ2) is 75.5. The number of rotatable bonds is 74. The first-order chi connectivity index (χ1) is 42.5. The summed E-state index contributed by atoms with van der Waals surface area (Å²) in [6.07, 6.45) is 98.4. The molecule has 0 heterocycles. The first kappa shape index (κ1) is 84.1. The highest BCUT2D eigenvalue weighted by Gasteiger charge is 2.18. The van der Waals surface area contributed by atoms with Crippen LogP contribution in [0.25, 0.3) is 0 Å². The van der Waals surface area contributed by atoms with Crippen LogP contribution < -0.4 is 5.32 Å². The molecule has 6 nitrogen and oxygen atoms in total. The number of esters is 1. The Morgan fingerprint density at radius 2 is 0.581 bits per heavy atom. The van der Waals surface area contributed by atoms with Crippen LogP contribution >= 0.6 is 0 Å². The molecule has 0 rings (SSSR count). The van der Waals surface area contributed by atoms with Gasteiger partial charge in [-0.2, -0.15) is 0 Å². The summed E-state index contributed by atoms with van der Waals surface area (Å²) in [6.45, 7) is 4.94. The number of carbonyl (C=O) groups excluding carboxylic acids is 2. The highest BCUT2D eigenvalue weighted by atomic mass is 16.5. The molecule has 0 aliphatic rings. The van der Waals surface area contributed by atoms with Crippen LogP contribution in [0, 0.1) is 0 Å². The minimum atomic E-state index is -0.843. The second-order valence-electron chi connectivity index (χ2n) is 27.0. The minimum Gasteiger partial charge on any atom is -0.466 e. The van der Waals surface area contributed by atoms with Crippen LogP contribution in [-0.2, 0) is 14.3 Å². The van der Waals surface area contributed by atoms with E-state index in [0.29, 0.717) is 19.4 Å². The first-order valence-electron chi connectivity index (χ1n) is 39.3. The molecule has 3 N–H and O–H groups in total. The first-order valence-corrected chi connectivity index (χ1v) is 39.3. The molecule has 2 atom stereocenters. The van der Waals surface area contributed by atoms with Gasteiger partial charge in [0.25, 0.3) is 0 Å². The molecular weight excluding hydrogens is 1050 g/mol. The van der Waals surface area contributed by atoms with E-state index in [2.05, 4.69) is 43.5 Å².